The van der Waals surface area contributed by atoms with E-state index in [1.54, 1.807) is 55.4 Å². The Morgan fingerprint density at radius 1 is 0.947 bits per heavy atom. The Morgan fingerprint density at radius 3 is 2.34 bits per heavy atom. The smallest absolute Gasteiger partial charge is 0.410 e. The number of halogens is 1. The lowest BCUT2D eigenvalue weighted by Gasteiger charge is -2.29. The zero-order valence-corrected chi connectivity index (χ0v) is 22.5. The van der Waals surface area contributed by atoms with Crippen LogP contribution >= 0.6 is 0 Å². The summed E-state index contributed by atoms with van der Waals surface area (Å²) in [6.45, 7) is 6.58. The van der Waals surface area contributed by atoms with Gasteiger partial charge in [-0.15, -0.1) is 0 Å². The molecule has 1 heterocycles. The Bertz CT molecular complexity index is 1290. The van der Waals surface area contributed by atoms with Gasteiger partial charge in [-0.1, -0.05) is 24.3 Å². The molecule has 4 rings (SSSR count). The van der Waals surface area contributed by atoms with E-state index in [2.05, 4.69) is 0 Å². The van der Waals surface area contributed by atoms with E-state index in [1.807, 2.05) is 56.0 Å². The molecule has 0 aliphatic carbocycles. The SMILES string of the molecule is CN(C(=O)c1cccc(Oc2ccccc2)c1)c1ccc(N2CCC(N(C)C(=O)OC(C)(C)C)C2)c(F)c1. The van der Waals surface area contributed by atoms with Crippen molar-refractivity contribution >= 4 is 23.4 Å². The van der Waals surface area contributed by atoms with Crippen LogP contribution in [0.25, 0.3) is 0 Å². The fourth-order valence-corrected chi connectivity index (χ4v) is 4.35. The number of carbonyl (C=O) groups is 2. The molecule has 0 saturated carbocycles. The van der Waals surface area contributed by atoms with Gasteiger partial charge in [-0.25, -0.2) is 9.18 Å². The van der Waals surface area contributed by atoms with Gasteiger partial charge in [0.1, 0.15) is 22.9 Å². The van der Waals surface area contributed by atoms with E-state index < -0.39 is 17.5 Å². The maximum atomic E-state index is 15.2. The third-order valence-electron chi connectivity index (χ3n) is 6.42. The minimum absolute atomic E-state index is 0.0847. The van der Waals surface area contributed by atoms with Gasteiger partial charge in [0, 0.05) is 38.4 Å². The van der Waals surface area contributed by atoms with Gasteiger partial charge in [0.2, 0.25) is 0 Å². The number of amides is 2. The van der Waals surface area contributed by atoms with Crippen LogP contribution in [0.3, 0.4) is 0 Å². The quantitative estimate of drug-likeness (QED) is 0.380. The van der Waals surface area contributed by atoms with Crippen LogP contribution in [-0.2, 0) is 4.74 Å². The monoisotopic (exact) mass is 519 g/mol. The number of anilines is 2. The lowest BCUT2D eigenvalue weighted by Crippen LogP contribution is -2.42. The molecule has 0 N–H and O–H groups in total. The molecule has 0 aromatic heterocycles. The summed E-state index contributed by atoms with van der Waals surface area (Å²) in [5, 5.41) is 0. The van der Waals surface area contributed by atoms with Gasteiger partial charge in [0.05, 0.1) is 11.7 Å². The lowest BCUT2D eigenvalue weighted by atomic mass is 10.1. The number of rotatable bonds is 6. The average Bonchev–Trinajstić information content (AvgIpc) is 3.37. The van der Waals surface area contributed by atoms with Crippen LogP contribution in [0.1, 0.15) is 37.6 Å². The van der Waals surface area contributed by atoms with Gasteiger partial charge in [-0.05, 0) is 75.7 Å². The van der Waals surface area contributed by atoms with Crippen molar-refractivity contribution in [1.82, 2.24) is 4.90 Å². The molecule has 1 saturated heterocycles. The van der Waals surface area contributed by atoms with Crippen molar-refractivity contribution in [2.75, 3.05) is 37.0 Å². The van der Waals surface area contributed by atoms with E-state index in [9.17, 15) is 9.59 Å². The van der Waals surface area contributed by atoms with Crippen molar-refractivity contribution in [3.8, 4) is 11.5 Å². The van der Waals surface area contributed by atoms with E-state index in [4.69, 9.17) is 9.47 Å². The van der Waals surface area contributed by atoms with Gasteiger partial charge >= 0.3 is 6.09 Å². The molecule has 38 heavy (non-hydrogen) atoms. The number of hydrogen-bond donors (Lipinski definition) is 0. The van der Waals surface area contributed by atoms with E-state index in [1.165, 1.54) is 11.0 Å². The standard InChI is InChI=1S/C30H34FN3O4/c1-30(2,3)38-29(36)33(5)23-16-17-34(20-23)27-15-14-22(19-26(27)31)32(4)28(35)21-10-9-13-25(18-21)37-24-11-7-6-8-12-24/h6-15,18-19,23H,16-17,20H2,1-5H3. The summed E-state index contributed by atoms with van der Waals surface area (Å²) in [4.78, 5) is 30.5. The summed E-state index contributed by atoms with van der Waals surface area (Å²) < 4.78 is 26.5. The van der Waals surface area contributed by atoms with Crippen LogP contribution in [0.15, 0.2) is 72.8 Å². The number of nitrogens with zero attached hydrogens (tertiary/aromatic N) is 3. The summed E-state index contributed by atoms with van der Waals surface area (Å²) in [6.07, 6.45) is 0.315. The molecule has 7 nitrogen and oxygen atoms in total. The topological polar surface area (TPSA) is 62.3 Å². The van der Waals surface area contributed by atoms with Crippen molar-refractivity contribution in [3.05, 3.63) is 84.2 Å². The van der Waals surface area contributed by atoms with Gasteiger partial charge in [0.25, 0.3) is 5.91 Å². The molecule has 2 amide bonds. The zero-order valence-electron chi connectivity index (χ0n) is 22.5. The minimum Gasteiger partial charge on any atom is -0.457 e. The number of likely N-dealkylation sites (N-methyl/N-ethyl adjacent to an activating group) is 1. The van der Waals surface area contributed by atoms with Gasteiger partial charge < -0.3 is 24.2 Å². The van der Waals surface area contributed by atoms with E-state index in [0.29, 0.717) is 47.9 Å². The van der Waals surface area contributed by atoms with E-state index in [0.717, 1.165) is 0 Å². The fraction of sp³-hybridized carbons (Fsp3) is 0.333. The molecule has 3 aromatic carbocycles. The van der Waals surface area contributed by atoms with Crippen molar-refractivity contribution < 1.29 is 23.5 Å². The molecule has 1 unspecified atom stereocenters. The molecule has 1 fully saturated rings. The molecule has 3 aromatic rings. The van der Waals surface area contributed by atoms with Gasteiger partial charge in [0.15, 0.2) is 0 Å². The molecule has 0 spiro atoms. The van der Waals surface area contributed by atoms with Crippen LogP contribution in [0.2, 0.25) is 0 Å². The Morgan fingerprint density at radius 2 is 1.66 bits per heavy atom. The van der Waals surface area contributed by atoms with Crippen molar-refractivity contribution in [2.24, 2.45) is 0 Å². The maximum absolute atomic E-state index is 15.2. The van der Waals surface area contributed by atoms with Crippen molar-refractivity contribution in [1.29, 1.82) is 0 Å². The largest absolute Gasteiger partial charge is 0.457 e. The molecule has 0 radical (unpaired) electrons. The molecule has 0 bridgehead atoms. The third-order valence-corrected chi connectivity index (χ3v) is 6.42. The molecular formula is C30H34FN3O4. The van der Waals surface area contributed by atoms with Crippen LogP contribution in [0, 0.1) is 5.82 Å². The van der Waals surface area contributed by atoms with Crippen LogP contribution < -0.4 is 14.5 Å². The second-order valence-electron chi connectivity index (χ2n) is 10.4. The predicted octanol–water partition coefficient (Wildman–Crippen LogP) is 6.34. The Balaban J connectivity index is 1.42. The van der Waals surface area contributed by atoms with E-state index in [-0.39, 0.29) is 11.9 Å². The minimum atomic E-state index is -0.578. The summed E-state index contributed by atoms with van der Waals surface area (Å²) >= 11 is 0. The lowest BCUT2D eigenvalue weighted by molar-refractivity contribution is 0.0237. The zero-order chi connectivity index (χ0) is 27.4. The highest BCUT2D eigenvalue weighted by atomic mass is 19.1. The number of carbonyl (C=O) groups excluding carboxylic acids is 2. The van der Waals surface area contributed by atoms with Gasteiger partial charge in [-0.2, -0.15) is 0 Å². The fourth-order valence-electron chi connectivity index (χ4n) is 4.35. The number of ether oxygens (including phenoxy) is 2. The average molecular weight is 520 g/mol. The highest BCUT2D eigenvalue weighted by Crippen LogP contribution is 2.30. The number of para-hydroxylation sites is 1. The predicted molar refractivity (Wildman–Crippen MR) is 147 cm³/mol. The number of benzene rings is 3. The third kappa shape index (κ3) is 6.43. The molecule has 1 aliphatic rings. The second kappa shape index (κ2) is 11.1. The summed E-state index contributed by atoms with van der Waals surface area (Å²) in [5.74, 6) is 0.501. The molecular weight excluding hydrogens is 485 g/mol. The molecule has 1 atom stereocenters. The second-order valence-corrected chi connectivity index (χ2v) is 10.4. The highest BCUT2D eigenvalue weighted by Gasteiger charge is 2.32. The first-order valence-electron chi connectivity index (χ1n) is 12.6. The summed E-state index contributed by atoms with van der Waals surface area (Å²) in [6, 6.07) is 20.9. The normalized spacial score (nSPS) is 15.2. The Labute approximate surface area is 223 Å². The van der Waals surface area contributed by atoms with Crippen molar-refractivity contribution in [3.63, 3.8) is 0 Å². The van der Waals surface area contributed by atoms with Crippen LogP contribution in [-0.4, -0.2) is 55.7 Å². The maximum Gasteiger partial charge on any atom is 0.410 e. The first-order chi connectivity index (χ1) is 18.0. The Kier molecular flexibility index (Phi) is 7.90. The molecule has 200 valence electrons. The Hall–Kier alpha value is -4.07. The first-order valence-corrected chi connectivity index (χ1v) is 12.6. The molecule has 8 heteroatoms. The highest BCUT2D eigenvalue weighted by molar-refractivity contribution is 6.06. The van der Waals surface area contributed by atoms with E-state index >= 15 is 4.39 Å². The van der Waals surface area contributed by atoms with Crippen LogP contribution in [0.4, 0.5) is 20.6 Å². The molecule has 1 aliphatic heterocycles. The number of hydrogen-bond acceptors (Lipinski definition) is 5. The first kappa shape index (κ1) is 27.0. The van der Waals surface area contributed by atoms with Gasteiger partial charge in [-0.3, -0.25) is 4.79 Å². The summed E-state index contributed by atoms with van der Waals surface area (Å²) in [7, 11) is 3.32. The summed E-state index contributed by atoms with van der Waals surface area (Å²) in [5.41, 5.74) is 0.726. The van der Waals surface area contributed by atoms with Crippen molar-refractivity contribution in [2.45, 2.75) is 38.8 Å². The van der Waals surface area contributed by atoms with Crippen LogP contribution in [0.5, 0.6) is 11.5 Å².